The number of hydrogen-bond donors (Lipinski definition) is 1. The molecule has 0 unspecified atom stereocenters. The van der Waals surface area contributed by atoms with E-state index >= 15 is 0 Å². The van der Waals surface area contributed by atoms with Crippen LogP contribution in [0.15, 0.2) is 22.7 Å². The highest BCUT2D eigenvalue weighted by atomic mass is 19.1. The van der Waals surface area contributed by atoms with Crippen molar-refractivity contribution in [3.63, 3.8) is 0 Å². The van der Waals surface area contributed by atoms with Gasteiger partial charge in [0.05, 0.1) is 5.54 Å². The first-order valence-electron chi connectivity index (χ1n) is 4.53. The van der Waals surface area contributed by atoms with Crippen LogP contribution < -0.4 is 5.73 Å². The van der Waals surface area contributed by atoms with Gasteiger partial charge in [-0.05, 0) is 31.0 Å². The molecule has 1 aromatic heterocycles. The minimum absolute atomic E-state index is 0.286. The minimum atomic E-state index is -0.400. The monoisotopic (exact) mass is 192 g/mol. The molecule has 0 amide bonds. The molecule has 1 aromatic carbocycles. The van der Waals surface area contributed by atoms with Crippen LogP contribution in [0.5, 0.6) is 0 Å². The Morgan fingerprint density at radius 2 is 2.21 bits per heavy atom. The van der Waals surface area contributed by atoms with Crippen LogP contribution in [0, 0.1) is 5.82 Å². The summed E-state index contributed by atoms with van der Waals surface area (Å²) in [7, 11) is 0. The zero-order chi connectivity index (χ0) is 9.76. The molecule has 0 bridgehead atoms. The van der Waals surface area contributed by atoms with Crippen LogP contribution in [0.2, 0.25) is 0 Å². The maximum absolute atomic E-state index is 13.0. The van der Waals surface area contributed by atoms with Crippen LogP contribution in [0.4, 0.5) is 4.39 Å². The van der Waals surface area contributed by atoms with Crippen LogP contribution in [0.3, 0.4) is 0 Å². The van der Waals surface area contributed by atoms with Crippen LogP contribution in [0.1, 0.15) is 18.6 Å². The second kappa shape index (κ2) is 2.33. The van der Waals surface area contributed by atoms with Crippen molar-refractivity contribution in [3.8, 4) is 0 Å². The van der Waals surface area contributed by atoms with Gasteiger partial charge in [-0.25, -0.2) is 4.39 Å². The molecule has 2 N–H and O–H groups in total. The van der Waals surface area contributed by atoms with E-state index < -0.39 is 5.54 Å². The SMILES string of the molecule is NC1(c2onc3ccc(F)cc23)CC1. The Bertz CT molecular complexity index is 502. The van der Waals surface area contributed by atoms with Crippen molar-refractivity contribution in [3.05, 3.63) is 29.8 Å². The van der Waals surface area contributed by atoms with Gasteiger partial charge in [-0.15, -0.1) is 0 Å². The summed E-state index contributed by atoms with van der Waals surface area (Å²) in [6, 6.07) is 4.39. The molecule has 0 radical (unpaired) electrons. The Hall–Kier alpha value is -1.42. The van der Waals surface area contributed by atoms with Crippen LogP contribution in [0.25, 0.3) is 10.9 Å². The van der Waals surface area contributed by atoms with E-state index in [4.69, 9.17) is 10.3 Å². The molecule has 2 aromatic rings. The average molecular weight is 192 g/mol. The Kier molecular flexibility index (Phi) is 1.32. The highest BCUT2D eigenvalue weighted by Crippen LogP contribution is 2.45. The molecule has 3 rings (SSSR count). The fourth-order valence-electron chi connectivity index (χ4n) is 1.63. The van der Waals surface area contributed by atoms with E-state index in [1.807, 2.05) is 0 Å². The predicted molar refractivity (Wildman–Crippen MR) is 49.1 cm³/mol. The maximum atomic E-state index is 13.0. The summed E-state index contributed by atoms with van der Waals surface area (Å²) in [5.74, 6) is 0.332. The number of fused-ring (bicyclic) bond motifs is 1. The Morgan fingerprint density at radius 1 is 1.43 bits per heavy atom. The van der Waals surface area contributed by atoms with Gasteiger partial charge in [0.15, 0.2) is 5.76 Å². The first-order chi connectivity index (χ1) is 6.69. The van der Waals surface area contributed by atoms with E-state index in [2.05, 4.69) is 5.16 Å². The van der Waals surface area contributed by atoms with Crippen molar-refractivity contribution in [1.29, 1.82) is 0 Å². The molecule has 1 heterocycles. The smallest absolute Gasteiger partial charge is 0.164 e. The molecule has 0 spiro atoms. The predicted octanol–water partition coefficient (Wildman–Crippen LogP) is 1.91. The summed E-state index contributed by atoms with van der Waals surface area (Å²) in [6.45, 7) is 0. The summed E-state index contributed by atoms with van der Waals surface area (Å²) >= 11 is 0. The van der Waals surface area contributed by atoms with E-state index in [1.54, 1.807) is 6.07 Å². The van der Waals surface area contributed by atoms with Crippen LogP contribution in [-0.2, 0) is 5.54 Å². The lowest BCUT2D eigenvalue weighted by molar-refractivity contribution is 0.362. The van der Waals surface area contributed by atoms with Crippen molar-refractivity contribution in [2.45, 2.75) is 18.4 Å². The largest absolute Gasteiger partial charge is 0.358 e. The molecule has 72 valence electrons. The van der Waals surface area contributed by atoms with Crippen molar-refractivity contribution < 1.29 is 8.91 Å². The third-order valence-corrected chi connectivity index (χ3v) is 2.68. The maximum Gasteiger partial charge on any atom is 0.164 e. The quantitative estimate of drug-likeness (QED) is 0.750. The van der Waals surface area contributed by atoms with E-state index in [1.165, 1.54) is 12.1 Å². The highest BCUT2D eigenvalue weighted by molar-refractivity contribution is 5.81. The summed E-state index contributed by atoms with van der Waals surface area (Å²) in [6.07, 6.45) is 1.77. The van der Waals surface area contributed by atoms with E-state index in [-0.39, 0.29) is 5.82 Å². The lowest BCUT2D eigenvalue weighted by Crippen LogP contribution is -2.17. The van der Waals surface area contributed by atoms with Crippen LogP contribution >= 0.6 is 0 Å². The third kappa shape index (κ3) is 0.974. The number of rotatable bonds is 1. The fraction of sp³-hybridized carbons (Fsp3) is 0.300. The molecule has 3 nitrogen and oxygen atoms in total. The standard InChI is InChI=1S/C10H9FN2O/c11-6-1-2-8-7(5-6)9(14-13-8)10(12)3-4-10/h1-2,5H,3-4,12H2. The van der Waals surface area contributed by atoms with Gasteiger partial charge in [-0.3, -0.25) is 0 Å². The number of benzene rings is 1. The zero-order valence-corrected chi connectivity index (χ0v) is 7.46. The molecule has 1 aliphatic rings. The van der Waals surface area contributed by atoms with Gasteiger partial charge in [0, 0.05) is 5.39 Å². The van der Waals surface area contributed by atoms with E-state index in [0.29, 0.717) is 16.7 Å². The number of halogens is 1. The number of hydrogen-bond acceptors (Lipinski definition) is 3. The van der Waals surface area contributed by atoms with Crippen molar-refractivity contribution >= 4 is 10.9 Å². The van der Waals surface area contributed by atoms with Gasteiger partial charge < -0.3 is 10.3 Å². The molecule has 0 saturated heterocycles. The molecule has 1 aliphatic carbocycles. The summed E-state index contributed by atoms with van der Waals surface area (Å²) < 4.78 is 18.1. The normalized spacial score (nSPS) is 18.7. The second-order valence-electron chi connectivity index (χ2n) is 3.83. The summed E-state index contributed by atoms with van der Waals surface area (Å²) in [5, 5.41) is 4.54. The van der Waals surface area contributed by atoms with Gasteiger partial charge >= 0.3 is 0 Å². The first-order valence-corrected chi connectivity index (χ1v) is 4.53. The van der Waals surface area contributed by atoms with Gasteiger partial charge in [0.1, 0.15) is 11.3 Å². The Morgan fingerprint density at radius 3 is 2.93 bits per heavy atom. The molecular formula is C10H9FN2O. The van der Waals surface area contributed by atoms with Gasteiger partial charge in [-0.1, -0.05) is 5.16 Å². The molecule has 14 heavy (non-hydrogen) atoms. The Labute approximate surface area is 79.7 Å². The molecule has 0 atom stereocenters. The highest BCUT2D eigenvalue weighted by Gasteiger charge is 2.45. The van der Waals surface area contributed by atoms with E-state index in [0.717, 1.165) is 12.8 Å². The number of nitrogens with zero attached hydrogens (tertiary/aromatic N) is 1. The van der Waals surface area contributed by atoms with Gasteiger partial charge in [0.2, 0.25) is 0 Å². The molecular weight excluding hydrogens is 183 g/mol. The minimum Gasteiger partial charge on any atom is -0.358 e. The van der Waals surface area contributed by atoms with Gasteiger partial charge in [-0.2, -0.15) is 0 Å². The number of aromatic nitrogens is 1. The van der Waals surface area contributed by atoms with Crippen molar-refractivity contribution in [1.82, 2.24) is 5.16 Å². The zero-order valence-electron chi connectivity index (χ0n) is 7.46. The Balaban J connectivity index is 2.29. The fourth-order valence-corrected chi connectivity index (χ4v) is 1.63. The molecule has 4 heteroatoms. The lowest BCUT2D eigenvalue weighted by atomic mass is 10.1. The lowest BCUT2D eigenvalue weighted by Gasteiger charge is -2.02. The van der Waals surface area contributed by atoms with E-state index in [9.17, 15) is 4.39 Å². The van der Waals surface area contributed by atoms with Crippen molar-refractivity contribution in [2.75, 3.05) is 0 Å². The molecule has 1 fully saturated rings. The topological polar surface area (TPSA) is 52.0 Å². The average Bonchev–Trinajstić information content (AvgIpc) is 2.77. The summed E-state index contributed by atoms with van der Waals surface area (Å²) in [4.78, 5) is 0. The second-order valence-corrected chi connectivity index (χ2v) is 3.83. The molecule has 1 saturated carbocycles. The summed E-state index contributed by atoms with van der Waals surface area (Å²) in [5.41, 5.74) is 6.24. The first kappa shape index (κ1) is 7.94. The third-order valence-electron chi connectivity index (χ3n) is 2.68. The number of nitrogens with two attached hydrogens (primary N) is 1. The van der Waals surface area contributed by atoms with Crippen molar-refractivity contribution in [2.24, 2.45) is 5.73 Å². The molecule has 0 aliphatic heterocycles. The van der Waals surface area contributed by atoms with Gasteiger partial charge in [0.25, 0.3) is 0 Å². The van der Waals surface area contributed by atoms with Crippen LogP contribution in [-0.4, -0.2) is 5.16 Å².